The molecular weight excluding hydrogens is 244 g/mol. The Bertz CT molecular complexity index is 384. The highest BCUT2D eigenvalue weighted by Crippen LogP contribution is 2.12. The lowest BCUT2D eigenvalue weighted by molar-refractivity contribution is -0.138. The number of hydrogen-bond donors (Lipinski definition) is 1. The first-order valence-electron chi connectivity index (χ1n) is 6.36. The van der Waals surface area contributed by atoms with Gasteiger partial charge in [0, 0.05) is 17.2 Å². The van der Waals surface area contributed by atoms with Crippen molar-refractivity contribution in [2.75, 3.05) is 20.7 Å². The van der Waals surface area contributed by atoms with Gasteiger partial charge in [0.2, 0.25) is 5.91 Å². The van der Waals surface area contributed by atoms with E-state index < -0.39 is 5.91 Å². The van der Waals surface area contributed by atoms with Crippen LogP contribution >= 0.6 is 0 Å². The highest BCUT2D eigenvalue weighted by Gasteiger charge is 2.18. The number of primary amides is 1. The summed E-state index contributed by atoms with van der Waals surface area (Å²) in [5.74, 6) is -0.867. The number of nitrogens with zero attached hydrogens (tertiary/aromatic N) is 1. The molecule has 5 heteroatoms. The van der Waals surface area contributed by atoms with Gasteiger partial charge < -0.3 is 15.4 Å². The van der Waals surface area contributed by atoms with Crippen LogP contribution in [0.25, 0.3) is 0 Å². The van der Waals surface area contributed by atoms with Gasteiger partial charge in [-0.05, 0) is 34.4 Å². The molecule has 0 rings (SSSR count). The number of likely N-dealkylation sites (N-methyl/N-ethyl adjacent to an activating group) is 1. The van der Waals surface area contributed by atoms with Crippen molar-refractivity contribution in [3.05, 3.63) is 23.3 Å². The Morgan fingerprint density at radius 2 is 1.84 bits per heavy atom. The van der Waals surface area contributed by atoms with Crippen LogP contribution in [0.5, 0.6) is 0 Å². The predicted octanol–water partition coefficient (Wildman–Crippen LogP) is 1.25. The summed E-state index contributed by atoms with van der Waals surface area (Å²) in [4.78, 5) is 24.9. The molecule has 0 bridgehead atoms. The molecule has 108 valence electrons. The van der Waals surface area contributed by atoms with Gasteiger partial charge in [0.05, 0.1) is 6.61 Å². The maximum Gasteiger partial charge on any atom is 0.333 e. The first-order chi connectivity index (χ1) is 8.84. The zero-order valence-corrected chi connectivity index (χ0v) is 12.4. The second kappa shape index (κ2) is 8.48. The van der Waals surface area contributed by atoms with Crippen LogP contribution < -0.4 is 5.73 Å². The van der Waals surface area contributed by atoms with Crippen LogP contribution in [0.3, 0.4) is 0 Å². The molecule has 2 N–H and O–H groups in total. The highest BCUT2D eigenvalue weighted by atomic mass is 16.5. The van der Waals surface area contributed by atoms with Crippen LogP contribution in [0.15, 0.2) is 23.3 Å². The third-order valence-electron chi connectivity index (χ3n) is 2.76. The van der Waals surface area contributed by atoms with E-state index in [0.717, 1.165) is 6.42 Å². The molecule has 0 heterocycles. The van der Waals surface area contributed by atoms with Crippen molar-refractivity contribution in [3.8, 4) is 0 Å². The standard InChI is InChI=1S/C14H24N2O3/c1-6-12(16(4)5)11(13(15)17)9-8-10(3)14(18)19-7-2/h8-9,12H,6-7H2,1-5H3,(H2,15,17)/b10-8+,11-9-. The van der Waals surface area contributed by atoms with E-state index in [1.165, 1.54) is 0 Å². The Labute approximate surface area is 115 Å². The Kier molecular flexibility index (Phi) is 7.75. The fourth-order valence-corrected chi connectivity index (χ4v) is 1.75. The van der Waals surface area contributed by atoms with E-state index in [1.54, 1.807) is 26.0 Å². The van der Waals surface area contributed by atoms with E-state index in [-0.39, 0.29) is 12.0 Å². The third-order valence-corrected chi connectivity index (χ3v) is 2.76. The van der Waals surface area contributed by atoms with Crippen molar-refractivity contribution in [2.24, 2.45) is 5.73 Å². The molecule has 0 aromatic carbocycles. The van der Waals surface area contributed by atoms with Gasteiger partial charge in [0.25, 0.3) is 0 Å². The average Bonchev–Trinajstić information content (AvgIpc) is 2.33. The van der Waals surface area contributed by atoms with Gasteiger partial charge in [-0.25, -0.2) is 4.79 Å². The van der Waals surface area contributed by atoms with E-state index in [2.05, 4.69) is 0 Å². The van der Waals surface area contributed by atoms with Crippen molar-refractivity contribution < 1.29 is 14.3 Å². The number of esters is 1. The summed E-state index contributed by atoms with van der Waals surface area (Å²) in [6.45, 7) is 5.69. The average molecular weight is 268 g/mol. The first-order valence-corrected chi connectivity index (χ1v) is 6.36. The Morgan fingerprint density at radius 1 is 1.26 bits per heavy atom. The van der Waals surface area contributed by atoms with Gasteiger partial charge in [-0.3, -0.25) is 4.79 Å². The van der Waals surface area contributed by atoms with Crippen molar-refractivity contribution in [3.63, 3.8) is 0 Å². The van der Waals surface area contributed by atoms with Gasteiger partial charge >= 0.3 is 5.97 Å². The van der Waals surface area contributed by atoms with Crippen LogP contribution in [-0.2, 0) is 14.3 Å². The van der Waals surface area contributed by atoms with Crippen LogP contribution in [0.1, 0.15) is 27.2 Å². The van der Waals surface area contributed by atoms with Crippen molar-refractivity contribution in [1.29, 1.82) is 0 Å². The molecule has 0 aromatic heterocycles. The van der Waals surface area contributed by atoms with Crippen LogP contribution in [0, 0.1) is 0 Å². The number of allylic oxidation sites excluding steroid dienone is 2. The fourth-order valence-electron chi connectivity index (χ4n) is 1.75. The van der Waals surface area contributed by atoms with Gasteiger partial charge in [0.15, 0.2) is 0 Å². The minimum Gasteiger partial charge on any atom is -0.463 e. The summed E-state index contributed by atoms with van der Waals surface area (Å²) in [6.07, 6.45) is 3.93. The molecule has 0 aliphatic rings. The van der Waals surface area contributed by atoms with Crippen LogP contribution in [0.2, 0.25) is 0 Å². The zero-order valence-electron chi connectivity index (χ0n) is 12.4. The summed E-state index contributed by atoms with van der Waals surface area (Å²) < 4.78 is 4.87. The molecule has 0 spiro atoms. The summed E-state index contributed by atoms with van der Waals surface area (Å²) in [7, 11) is 3.76. The maximum absolute atomic E-state index is 11.5. The van der Waals surface area contributed by atoms with E-state index >= 15 is 0 Å². The summed E-state index contributed by atoms with van der Waals surface area (Å²) >= 11 is 0. The number of ether oxygens (including phenoxy) is 1. The summed E-state index contributed by atoms with van der Waals surface area (Å²) in [5, 5.41) is 0. The lowest BCUT2D eigenvalue weighted by atomic mass is 10.0. The first kappa shape index (κ1) is 17.4. The number of amides is 1. The molecule has 0 fully saturated rings. The van der Waals surface area contributed by atoms with Gasteiger partial charge in [-0.2, -0.15) is 0 Å². The monoisotopic (exact) mass is 268 g/mol. The molecule has 19 heavy (non-hydrogen) atoms. The van der Waals surface area contributed by atoms with Crippen LogP contribution in [-0.4, -0.2) is 43.5 Å². The number of carbonyl (C=O) groups is 2. The minimum atomic E-state index is -0.478. The Balaban J connectivity index is 5.19. The lowest BCUT2D eigenvalue weighted by Gasteiger charge is -2.23. The van der Waals surface area contributed by atoms with Gasteiger partial charge in [0.1, 0.15) is 0 Å². The molecular formula is C14H24N2O3. The SMILES string of the molecule is CCOC(=O)/C(C)=C/C=C(\C(N)=O)C(CC)N(C)C. The van der Waals surface area contributed by atoms with Crippen molar-refractivity contribution in [1.82, 2.24) is 4.90 Å². The second-order valence-corrected chi connectivity index (χ2v) is 4.44. The van der Waals surface area contributed by atoms with E-state index in [0.29, 0.717) is 17.8 Å². The number of carbonyl (C=O) groups excluding carboxylic acids is 2. The predicted molar refractivity (Wildman–Crippen MR) is 75.4 cm³/mol. The summed E-state index contributed by atoms with van der Waals surface area (Å²) in [5.41, 5.74) is 6.31. The number of rotatable bonds is 7. The molecule has 0 saturated heterocycles. The van der Waals surface area contributed by atoms with E-state index in [9.17, 15) is 9.59 Å². The lowest BCUT2D eigenvalue weighted by Crippen LogP contribution is -2.35. The number of nitrogens with two attached hydrogens (primary N) is 1. The fraction of sp³-hybridized carbons (Fsp3) is 0.571. The molecule has 1 atom stereocenters. The van der Waals surface area contributed by atoms with Gasteiger partial charge in [-0.1, -0.05) is 19.1 Å². The normalized spacial score (nSPS) is 14.4. The van der Waals surface area contributed by atoms with Gasteiger partial charge in [-0.15, -0.1) is 0 Å². The molecule has 5 nitrogen and oxygen atoms in total. The quantitative estimate of drug-likeness (QED) is 0.428. The Morgan fingerprint density at radius 3 is 2.21 bits per heavy atom. The van der Waals surface area contributed by atoms with E-state index in [1.807, 2.05) is 25.9 Å². The molecule has 0 aliphatic heterocycles. The Hall–Kier alpha value is -1.62. The maximum atomic E-state index is 11.5. The second-order valence-electron chi connectivity index (χ2n) is 4.44. The molecule has 1 unspecified atom stereocenters. The topological polar surface area (TPSA) is 72.6 Å². The van der Waals surface area contributed by atoms with E-state index in [4.69, 9.17) is 10.5 Å². The minimum absolute atomic E-state index is 0.0660. The van der Waals surface area contributed by atoms with Crippen molar-refractivity contribution in [2.45, 2.75) is 33.2 Å². The third kappa shape index (κ3) is 5.70. The largest absolute Gasteiger partial charge is 0.463 e. The molecule has 0 aliphatic carbocycles. The van der Waals surface area contributed by atoms with Crippen molar-refractivity contribution >= 4 is 11.9 Å². The summed E-state index contributed by atoms with van der Waals surface area (Å²) in [6, 6.07) is -0.0660. The number of hydrogen-bond acceptors (Lipinski definition) is 4. The molecule has 0 aromatic rings. The highest BCUT2D eigenvalue weighted by molar-refractivity contribution is 5.94. The molecule has 0 radical (unpaired) electrons. The molecule has 0 saturated carbocycles. The smallest absolute Gasteiger partial charge is 0.333 e. The zero-order chi connectivity index (χ0) is 15.0. The molecule has 1 amide bonds. The van der Waals surface area contributed by atoms with Crippen LogP contribution in [0.4, 0.5) is 0 Å².